The molecule has 4 rings (SSSR count). The van der Waals surface area contributed by atoms with Gasteiger partial charge in [-0.25, -0.2) is 0 Å². The Morgan fingerprint density at radius 3 is 2.75 bits per heavy atom. The maximum absolute atomic E-state index is 12.7. The topological polar surface area (TPSA) is 92.3 Å². The molecule has 0 radical (unpaired) electrons. The first-order chi connectivity index (χ1) is 15.4. The molecule has 7 nitrogen and oxygen atoms in total. The van der Waals surface area contributed by atoms with E-state index in [-0.39, 0.29) is 29.8 Å². The van der Waals surface area contributed by atoms with Gasteiger partial charge in [0.2, 0.25) is 16.9 Å². The Morgan fingerprint density at radius 2 is 2.00 bits per heavy atom. The predicted octanol–water partition coefficient (Wildman–Crippen LogP) is 4.47. The first kappa shape index (κ1) is 22.4. The molecular weight excluding hydrogens is 468 g/mol. The van der Waals surface area contributed by atoms with E-state index in [0.29, 0.717) is 26.6 Å². The van der Waals surface area contributed by atoms with Crippen LogP contribution in [0.4, 0.5) is 10.8 Å². The second-order valence-corrected chi connectivity index (χ2v) is 9.96. The third kappa shape index (κ3) is 5.35. The number of halogens is 1. The molecule has 1 aliphatic rings. The van der Waals surface area contributed by atoms with Crippen molar-refractivity contribution in [1.29, 1.82) is 0 Å². The molecule has 1 saturated heterocycles. The zero-order valence-corrected chi connectivity index (χ0v) is 19.5. The van der Waals surface area contributed by atoms with Crippen LogP contribution in [0.2, 0.25) is 5.02 Å². The van der Waals surface area contributed by atoms with Crippen LogP contribution in [0, 0.1) is 12.8 Å². The van der Waals surface area contributed by atoms with E-state index >= 15 is 0 Å². The van der Waals surface area contributed by atoms with Gasteiger partial charge in [0.25, 0.3) is 0 Å². The molecular formula is C22H19ClN4O3S2. The molecule has 32 heavy (non-hydrogen) atoms. The number of thioether (sulfide) groups is 1. The summed E-state index contributed by atoms with van der Waals surface area (Å²) in [4.78, 5) is 39.0. The first-order valence-corrected chi connectivity index (χ1v) is 12.0. The molecule has 3 aromatic rings. The molecule has 2 heterocycles. The number of rotatable bonds is 7. The normalized spacial score (nSPS) is 15.8. The van der Waals surface area contributed by atoms with Gasteiger partial charge in [0.05, 0.1) is 11.7 Å². The zero-order chi connectivity index (χ0) is 22.7. The molecule has 1 atom stereocenters. The molecule has 0 aliphatic carbocycles. The maximum Gasteiger partial charge on any atom is 0.231 e. The number of hydrogen-bond acceptors (Lipinski definition) is 7. The Bertz CT molecular complexity index is 1170. The lowest BCUT2D eigenvalue weighted by molar-refractivity contribution is -0.122. The molecule has 2 amide bonds. The summed E-state index contributed by atoms with van der Waals surface area (Å²) in [5.74, 6) is -0.654. The van der Waals surface area contributed by atoms with Gasteiger partial charge in [0.1, 0.15) is 0 Å². The molecule has 1 aliphatic heterocycles. The van der Waals surface area contributed by atoms with Crippen LogP contribution in [0.5, 0.6) is 0 Å². The van der Waals surface area contributed by atoms with Crippen molar-refractivity contribution in [2.24, 2.45) is 5.92 Å². The zero-order valence-electron chi connectivity index (χ0n) is 17.1. The number of anilines is 2. The maximum atomic E-state index is 12.7. The monoisotopic (exact) mass is 486 g/mol. The lowest BCUT2D eigenvalue weighted by Crippen LogP contribution is -2.28. The van der Waals surface area contributed by atoms with E-state index in [1.54, 1.807) is 29.2 Å². The van der Waals surface area contributed by atoms with Crippen molar-refractivity contribution < 1.29 is 14.4 Å². The van der Waals surface area contributed by atoms with Gasteiger partial charge in [0, 0.05) is 29.2 Å². The Labute approximate surface area is 198 Å². The SMILES string of the molecule is Cc1cccc(N2CC(C(=O)Nc3nnc(SCC(=O)c4ccc(Cl)cc4)s3)CC2=O)c1. The van der Waals surface area contributed by atoms with E-state index < -0.39 is 5.92 Å². The number of carbonyl (C=O) groups excluding carboxylic acids is 3. The molecule has 0 saturated carbocycles. The molecule has 0 bridgehead atoms. The third-order valence-electron chi connectivity index (χ3n) is 4.94. The fourth-order valence-electron chi connectivity index (χ4n) is 3.30. The summed E-state index contributed by atoms with van der Waals surface area (Å²) in [6.45, 7) is 2.28. The van der Waals surface area contributed by atoms with Crippen molar-refractivity contribution >= 4 is 63.1 Å². The van der Waals surface area contributed by atoms with Crippen LogP contribution in [0.3, 0.4) is 0 Å². The summed E-state index contributed by atoms with van der Waals surface area (Å²) in [5.41, 5.74) is 2.42. The van der Waals surface area contributed by atoms with Crippen LogP contribution in [-0.2, 0) is 9.59 Å². The van der Waals surface area contributed by atoms with E-state index in [4.69, 9.17) is 11.6 Å². The number of nitrogens with zero attached hydrogens (tertiary/aromatic N) is 3. The van der Waals surface area contributed by atoms with Gasteiger partial charge in [-0.05, 0) is 48.9 Å². The highest BCUT2D eigenvalue weighted by Crippen LogP contribution is 2.29. The van der Waals surface area contributed by atoms with E-state index in [2.05, 4.69) is 15.5 Å². The number of benzene rings is 2. The quantitative estimate of drug-likeness (QED) is 0.301. The van der Waals surface area contributed by atoms with Crippen molar-refractivity contribution in [2.75, 3.05) is 22.5 Å². The number of nitrogens with one attached hydrogen (secondary N) is 1. The van der Waals surface area contributed by atoms with Crippen molar-refractivity contribution in [3.8, 4) is 0 Å². The minimum Gasteiger partial charge on any atom is -0.312 e. The number of hydrogen-bond donors (Lipinski definition) is 1. The highest BCUT2D eigenvalue weighted by molar-refractivity contribution is 8.01. The number of ketones is 1. The van der Waals surface area contributed by atoms with Gasteiger partial charge in [-0.3, -0.25) is 14.4 Å². The minimum atomic E-state index is -0.463. The fourth-order valence-corrected chi connectivity index (χ4v) is 5.08. The lowest BCUT2D eigenvalue weighted by atomic mass is 10.1. The van der Waals surface area contributed by atoms with Crippen LogP contribution in [0.1, 0.15) is 22.3 Å². The molecule has 10 heteroatoms. The van der Waals surface area contributed by atoms with E-state index in [0.717, 1.165) is 11.3 Å². The summed E-state index contributed by atoms with van der Waals surface area (Å²) >= 11 is 8.30. The van der Waals surface area contributed by atoms with Crippen LogP contribution in [0.15, 0.2) is 52.9 Å². The molecule has 1 N–H and O–H groups in total. The summed E-state index contributed by atoms with van der Waals surface area (Å²) in [6, 6.07) is 14.4. The summed E-state index contributed by atoms with van der Waals surface area (Å²) in [5, 5.41) is 11.7. The van der Waals surface area contributed by atoms with E-state index in [1.807, 2.05) is 31.2 Å². The molecule has 1 unspecified atom stereocenters. The second-order valence-electron chi connectivity index (χ2n) is 7.33. The van der Waals surface area contributed by atoms with Crippen molar-refractivity contribution in [3.05, 3.63) is 64.7 Å². The fraction of sp³-hybridized carbons (Fsp3) is 0.227. The first-order valence-electron chi connectivity index (χ1n) is 9.82. The third-order valence-corrected chi connectivity index (χ3v) is 7.16. The largest absolute Gasteiger partial charge is 0.312 e. The average molecular weight is 487 g/mol. The van der Waals surface area contributed by atoms with Crippen molar-refractivity contribution in [3.63, 3.8) is 0 Å². The van der Waals surface area contributed by atoms with E-state index in [1.165, 1.54) is 23.1 Å². The second kappa shape index (κ2) is 9.81. The summed E-state index contributed by atoms with van der Waals surface area (Å²) < 4.78 is 0.575. The van der Waals surface area contributed by atoms with E-state index in [9.17, 15) is 14.4 Å². The highest BCUT2D eigenvalue weighted by atomic mass is 35.5. The van der Waals surface area contributed by atoms with Crippen molar-refractivity contribution in [1.82, 2.24) is 10.2 Å². The number of amides is 2. The standard InChI is InChI=1S/C22H19ClN4O3S2/c1-13-3-2-4-17(9-13)27-11-15(10-19(27)29)20(30)24-21-25-26-22(32-21)31-12-18(28)14-5-7-16(23)8-6-14/h2-9,15H,10-12H2,1H3,(H,24,25,30). The van der Waals surface area contributed by atoms with Crippen molar-refractivity contribution in [2.45, 2.75) is 17.7 Å². The Balaban J connectivity index is 1.31. The van der Waals surface area contributed by atoms with Gasteiger partial charge < -0.3 is 10.2 Å². The molecule has 1 aromatic heterocycles. The Hall–Kier alpha value is -2.75. The number of Topliss-reactive ketones (excluding diaryl/α,β-unsaturated/α-hetero) is 1. The van der Waals surface area contributed by atoms with Crippen LogP contribution >= 0.6 is 34.7 Å². The Morgan fingerprint density at radius 1 is 1.22 bits per heavy atom. The smallest absolute Gasteiger partial charge is 0.231 e. The Kier molecular flexibility index (Phi) is 6.88. The van der Waals surface area contributed by atoms with Gasteiger partial charge in [-0.15, -0.1) is 10.2 Å². The van der Waals surface area contributed by atoms with Gasteiger partial charge >= 0.3 is 0 Å². The number of carbonyl (C=O) groups is 3. The highest BCUT2D eigenvalue weighted by Gasteiger charge is 2.35. The molecule has 164 valence electrons. The number of aromatic nitrogens is 2. The molecule has 0 spiro atoms. The molecule has 2 aromatic carbocycles. The van der Waals surface area contributed by atoms with Crippen LogP contribution in [-0.4, -0.2) is 40.1 Å². The minimum absolute atomic E-state index is 0.0480. The van der Waals surface area contributed by atoms with Crippen LogP contribution in [0.25, 0.3) is 0 Å². The number of aryl methyl sites for hydroxylation is 1. The predicted molar refractivity (Wildman–Crippen MR) is 127 cm³/mol. The van der Waals surface area contributed by atoms with Gasteiger partial charge in [-0.1, -0.05) is 46.8 Å². The van der Waals surface area contributed by atoms with Gasteiger partial charge in [-0.2, -0.15) is 0 Å². The van der Waals surface area contributed by atoms with Gasteiger partial charge in [0.15, 0.2) is 10.1 Å². The summed E-state index contributed by atoms with van der Waals surface area (Å²) in [6.07, 6.45) is 0.149. The average Bonchev–Trinajstić information content (AvgIpc) is 3.39. The lowest BCUT2D eigenvalue weighted by Gasteiger charge is -2.17. The summed E-state index contributed by atoms with van der Waals surface area (Å²) in [7, 11) is 0. The molecule has 1 fully saturated rings. The van der Waals surface area contributed by atoms with Crippen LogP contribution < -0.4 is 10.2 Å².